The zero-order valence-corrected chi connectivity index (χ0v) is 19.1. The predicted molar refractivity (Wildman–Crippen MR) is 121 cm³/mol. The highest BCUT2D eigenvalue weighted by Crippen LogP contribution is 2.27. The summed E-state index contributed by atoms with van der Waals surface area (Å²) in [4.78, 5) is 16.7. The van der Waals surface area contributed by atoms with Gasteiger partial charge >= 0.3 is 0 Å². The summed E-state index contributed by atoms with van der Waals surface area (Å²) in [6.07, 6.45) is 0.813. The van der Waals surface area contributed by atoms with Crippen LogP contribution in [0.3, 0.4) is 0 Å². The molecule has 30 heavy (non-hydrogen) atoms. The highest BCUT2D eigenvalue weighted by Gasteiger charge is 2.09. The molecule has 0 atom stereocenters. The van der Waals surface area contributed by atoms with Crippen LogP contribution in [0.5, 0.6) is 0 Å². The summed E-state index contributed by atoms with van der Waals surface area (Å²) in [5.74, 6) is 0.664. The highest BCUT2D eigenvalue weighted by molar-refractivity contribution is 8.00. The molecule has 0 radical (unpaired) electrons. The van der Waals surface area contributed by atoms with Gasteiger partial charge in [0.1, 0.15) is 4.34 Å². The summed E-state index contributed by atoms with van der Waals surface area (Å²) in [5, 5.41) is 10.5. The lowest BCUT2D eigenvalue weighted by atomic mass is 10.1. The van der Waals surface area contributed by atoms with Crippen molar-refractivity contribution in [1.29, 1.82) is 0 Å². The van der Waals surface area contributed by atoms with Gasteiger partial charge in [-0.05, 0) is 41.8 Å². The summed E-state index contributed by atoms with van der Waals surface area (Å²) in [6.45, 7) is 0.452. The lowest BCUT2D eigenvalue weighted by Gasteiger charge is -2.05. The second-order valence-corrected chi connectivity index (χ2v) is 10.6. The third-order valence-corrected chi connectivity index (χ3v) is 7.42. The minimum Gasteiger partial charge on any atom is -0.355 e. The van der Waals surface area contributed by atoms with Gasteiger partial charge in [-0.15, -0.1) is 11.3 Å². The van der Waals surface area contributed by atoms with E-state index in [1.165, 1.54) is 23.5 Å². The Hall–Kier alpha value is -1.91. The molecule has 0 saturated carbocycles. The van der Waals surface area contributed by atoms with Crippen LogP contribution in [0.25, 0.3) is 0 Å². The van der Waals surface area contributed by atoms with Crippen LogP contribution < -0.4 is 10.5 Å². The number of rotatable bonds is 9. The van der Waals surface area contributed by atoms with E-state index in [9.17, 15) is 13.2 Å². The second-order valence-electron chi connectivity index (χ2n) is 6.49. The van der Waals surface area contributed by atoms with E-state index < -0.39 is 10.0 Å². The first kappa shape index (κ1) is 22.8. The van der Waals surface area contributed by atoms with Gasteiger partial charge in [0, 0.05) is 22.7 Å². The molecule has 0 saturated heterocycles. The first-order valence-corrected chi connectivity index (χ1v) is 12.8. The number of primary sulfonamides is 1. The van der Waals surface area contributed by atoms with E-state index in [1.807, 2.05) is 29.6 Å². The molecule has 0 aliphatic heterocycles. The van der Waals surface area contributed by atoms with Crippen LogP contribution in [-0.4, -0.2) is 25.9 Å². The quantitative estimate of drug-likeness (QED) is 0.454. The Morgan fingerprint density at radius 3 is 2.63 bits per heavy atom. The number of hydrogen-bond donors (Lipinski definition) is 2. The minimum atomic E-state index is -3.69. The van der Waals surface area contributed by atoms with Crippen molar-refractivity contribution in [2.75, 3.05) is 6.54 Å². The molecule has 0 unspecified atom stereocenters. The van der Waals surface area contributed by atoms with Crippen molar-refractivity contribution < 1.29 is 13.2 Å². The van der Waals surface area contributed by atoms with Gasteiger partial charge in [0.05, 0.1) is 17.0 Å². The second kappa shape index (κ2) is 10.4. The summed E-state index contributed by atoms with van der Waals surface area (Å²) in [7, 11) is -3.69. The Labute approximate surface area is 188 Å². The Morgan fingerprint density at radius 2 is 1.93 bits per heavy atom. The first-order chi connectivity index (χ1) is 14.3. The minimum absolute atomic E-state index is 0.0721. The third-order valence-electron chi connectivity index (χ3n) is 4.11. The van der Waals surface area contributed by atoms with Gasteiger partial charge < -0.3 is 5.32 Å². The van der Waals surface area contributed by atoms with Crippen LogP contribution in [0.4, 0.5) is 0 Å². The Bertz CT molecular complexity index is 1120. The van der Waals surface area contributed by atoms with Crippen molar-refractivity contribution in [3.63, 3.8) is 0 Å². The van der Waals surface area contributed by atoms with Gasteiger partial charge in [0.2, 0.25) is 15.9 Å². The fourth-order valence-electron chi connectivity index (χ4n) is 2.63. The number of benzene rings is 2. The topological polar surface area (TPSA) is 102 Å². The number of hydrogen-bond acceptors (Lipinski definition) is 6. The largest absolute Gasteiger partial charge is 0.355 e. The molecule has 0 spiro atoms. The predicted octanol–water partition coefficient (Wildman–Crippen LogP) is 3.64. The van der Waals surface area contributed by atoms with E-state index in [-0.39, 0.29) is 17.2 Å². The van der Waals surface area contributed by atoms with Crippen LogP contribution in [0.15, 0.2) is 63.1 Å². The van der Waals surface area contributed by atoms with Crippen LogP contribution in [0.1, 0.15) is 16.8 Å². The van der Waals surface area contributed by atoms with E-state index in [0.717, 1.165) is 26.9 Å². The van der Waals surface area contributed by atoms with E-state index in [4.69, 9.17) is 16.7 Å². The van der Waals surface area contributed by atoms with Gasteiger partial charge in [0.25, 0.3) is 0 Å². The average Bonchev–Trinajstić information content (AvgIpc) is 3.13. The SMILES string of the molecule is NS(=O)(=O)c1ccc(CCNC(=O)Cc2csc(SCc3cccc(Cl)c3)n2)cc1. The zero-order valence-electron chi connectivity index (χ0n) is 15.9. The zero-order chi connectivity index (χ0) is 21.6. The number of amides is 1. The summed E-state index contributed by atoms with van der Waals surface area (Å²) in [5.41, 5.74) is 2.78. The Balaban J connectivity index is 1.42. The fourth-order valence-corrected chi connectivity index (χ4v) is 5.14. The molecule has 3 rings (SSSR count). The maximum Gasteiger partial charge on any atom is 0.238 e. The van der Waals surface area contributed by atoms with Gasteiger partial charge in [-0.3, -0.25) is 4.79 Å². The Kier molecular flexibility index (Phi) is 7.90. The number of sulfonamides is 1. The molecule has 0 aliphatic carbocycles. The number of carbonyl (C=O) groups is 1. The number of nitrogens with one attached hydrogen (secondary N) is 1. The number of thioether (sulfide) groups is 1. The summed E-state index contributed by atoms with van der Waals surface area (Å²) < 4.78 is 23.4. The molecule has 0 fully saturated rings. The number of thiazole rings is 1. The molecule has 6 nitrogen and oxygen atoms in total. The third kappa shape index (κ3) is 7.10. The number of aromatic nitrogens is 1. The average molecular weight is 482 g/mol. The van der Waals surface area contributed by atoms with E-state index in [0.29, 0.717) is 18.0 Å². The van der Waals surface area contributed by atoms with Crippen molar-refractivity contribution >= 4 is 50.6 Å². The maximum atomic E-state index is 12.2. The number of halogens is 1. The normalized spacial score (nSPS) is 11.4. The molecular formula is C20H20ClN3O3S3. The molecule has 0 aliphatic rings. The molecule has 3 N–H and O–H groups in total. The molecule has 158 valence electrons. The van der Waals surface area contributed by atoms with Gasteiger partial charge in [0.15, 0.2) is 0 Å². The first-order valence-electron chi connectivity index (χ1n) is 9.00. The standard InChI is InChI=1S/C20H20ClN3O3S3/c21-16-3-1-2-15(10-16)12-28-20-24-17(13-29-20)11-19(25)23-9-8-14-4-6-18(7-5-14)30(22,26)27/h1-7,10,13H,8-9,11-12H2,(H,23,25)(H2,22,26,27). The fraction of sp³-hybridized carbons (Fsp3) is 0.200. The van der Waals surface area contributed by atoms with Gasteiger partial charge in [-0.25, -0.2) is 18.5 Å². The molecule has 0 bridgehead atoms. The number of carbonyl (C=O) groups excluding carboxylic acids is 1. The van der Waals surface area contributed by atoms with E-state index in [1.54, 1.807) is 23.9 Å². The van der Waals surface area contributed by atoms with E-state index in [2.05, 4.69) is 10.3 Å². The van der Waals surface area contributed by atoms with Crippen LogP contribution in [-0.2, 0) is 33.4 Å². The van der Waals surface area contributed by atoms with Crippen molar-refractivity contribution in [1.82, 2.24) is 10.3 Å². The number of nitrogens with two attached hydrogens (primary N) is 1. The monoisotopic (exact) mass is 481 g/mol. The highest BCUT2D eigenvalue weighted by atomic mass is 35.5. The smallest absolute Gasteiger partial charge is 0.238 e. The maximum absolute atomic E-state index is 12.2. The molecule has 10 heteroatoms. The molecule has 1 aromatic heterocycles. The summed E-state index contributed by atoms with van der Waals surface area (Å²) >= 11 is 9.13. The lowest BCUT2D eigenvalue weighted by Crippen LogP contribution is -2.27. The van der Waals surface area contributed by atoms with Crippen LogP contribution >= 0.6 is 34.7 Å². The van der Waals surface area contributed by atoms with Crippen LogP contribution in [0.2, 0.25) is 5.02 Å². The van der Waals surface area contributed by atoms with Crippen molar-refractivity contribution in [2.45, 2.75) is 27.8 Å². The van der Waals surface area contributed by atoms with E-state index >= 15 is 0 Å². The molecule has 1 amide bonds. The number of nitrogens with zero attached hydrogens (tertiary/aromatic N) is 1. The lowest BCUT2D eigenvalue weighted by molar-refractivity contribution is -0.120. The van der Waals surface area contributed by atoms with Crippen molar-refractivity contribution in [3.05, 3.63) is 75.8 Å². The van der Waals surface area contributed by atoms with Gasteiger partial charge in [-0.2, -0.15) is 0 Å². The van der Waals surface area contributed by atoms with Gasteiger partial charge in [-0.1, -0.05) is 47.6 Å². The van der Waals surface area contributed by atoms with Crippen molar-refractivity contribution in [2.24, 2.45) is 5.14 Å². The molecule has 3 aromatic rings. The molecule has 2 aromatic carbocycles. The summed E-state index contributed by atoms with van der Waals surface area (Å²) in [6, 6.07) is 14.0. The van der Waals surface area contributed by atoms with Crippen molar-refractivity contribution in [3.8, 4) is 0 Å². The van der Waals surface area contributed by atoms with Crippen LogP contribution in [0, 0.1) is 0 Å². The molecular weight excluding hydrogens is 462 g/mol. The molecule has 1 heterocycles. The Morgan fingerprint density at radius 1 is 1.17 bits per heavy atom.